The van der Waals surface area contributed by atoms with Gasteiger partial charge in [-0.25, -0.2) is 4.39 Å². The van der Waals surface area contributed by atoms with Crippen LogP contribution in [0, 0.1) is 12.7 Å². The summed E-state index contributed by atoms with van der Waals surface area (Å²) in [5, 5.41) is 5.64. The second kappa shape index (κ2) is 7.74. The number of aryl methyl sites for hydroxylation is 1. The van der Waals surface area contributed by atoms with Gasteiger partial charge >= 0.3 is 0 Å². The van der Waals surface area contributed by atoms with Gasteiger partial charge in [0.1, 0.15) is 11.9 Å². The molecule has 0 aliphatic heterocycles. The predicted molar refractivity (Wildman–Crippen MR) is 73.7 cm³/mol. The Kier molecular flexibility index (Phi) is 6.29. The van der Waals surface area contributed by atoms with Crippen LogP contribution in [-0.4, -0.2) is 32.2 Å². The number of benzene rings is 1. The van der Waals surface area contributed by atoms with Crippen LogP contribution in [0.5, 0.6) is 0 Å². The maximum atomic E-state index is 13.5. The topological polar surface area (TPSA) is 50.4 Å². The largest absolute Gasteiger partial charge is 0.385 e. The lowest BCUT2D eigenvalue weighted by Crippen LogP contribution is -2.38. The number of rotatable bonds is 7. The molecule has 5 heteroatoms. The molecule has 0 saturated carbocycles. The van der Waals surface area contributed by atoms with Gasteiger partial charge in [0.15, 0.2) is 0 Å². The molecule has 0 radical (unpaired) electrons. The fraction of sp³-hybridized carbons (Fsp3) is 0.500. The lowest BCUT2D eigenvalue weighted by atomic mass is 10.2. The minimum atomic E-state index is -0.487. The molecule has 0 heterocycles. The molecule has 0 fully saturated rings. The number of methoxy groups -OCH3 is 1. The molecule has 1 rings (SSSR count). The third-order valence-electron chi connectivity index (χ3n) is 2.71. The van der Waals surface area contributed by atoms with Gasteiger partial charge in [-0.2, -0.15) is 0 Å². The van der Waals surface area contributed by atoms with Crippen LogP contribution >= 0.6 is 0 Å². The molecule has 1 atom stereocenters. The normalized spacial score (nSPS) is 12.0. The van der Waals surface area contributed by atoms with Gasteiger partial charge in [0.05, 0.1) is 5.69 Å². The summed E-state index contributed by atoms with van der Waals surface area (Å²) in [7, 11) is 1.62. The predicted octanol–water partition coefficient (Wildman–Crippen LogP) is 2.09. The van der Waals surface area contributed by atoms with Crippen LogP contribution in [0.4, 0.5) is 10.1 Å². The Morgan fingerprint density at radius 1 is 1.47 bits per heavy atom. The maximum absolute atomic E-state index is 13.5. The summed E-state index contributed by atoms with van der Waals surface area (Å²) >= 11 is 0. The standard InChI is InChI=1S/C14H21FN2O2/c1-10-5-6-12(15)13(9-10)17-11(2)14(18)16-7-4-8-19-3/h5-6,9,11,17H,4,7-8H2,1-3H3,(H,16,18). The molecule has 106 valence electrons. The van der Waals surface area contributed by atoms with E-state index >= 15 is 0 Å². The van der Waals surface area contributed by atoms with E-state index in [9.17, 15) is 9.18 Å². The molecular formula is C14H21FN2O2. The van der Waals surface area contributed by atoms with Gasteiger partial charge in [-0.05, 0) is 38.0 Å². The van der Waals surface area contributed by atoms with Gasteiger partial charge in [0.2, 0.25) is 5.91 Å². The molecule has 0 aliphatic rings. The smallest absolute Gasteiger partial charge is 0.242 e. The van der Waals surface area contributed by atoms with Crippen molar-refractivity contribution in [3.05, 3.63) is 29.6 Å². The Morgan fingerprint density at radius 2 is 2.21 bits per heavy atom. The van der Waals surface area contributed by atoms with Crippen LogP contribution in [-0.2, 0) is 9.53 Å². The highest BCUT2D eigenvalue weighted by atomic mass is 19.1. The lowest BCUT2D eigenvalue weighted by molar-refractivity contribution is -0.121. The third-order valence-corrected chi connectivity index (χ3v) is 2.71. The van der Waals surface area contributed by atoms with Gasteiger partial charge < -0.3 is 15.4 Å². The van der Waals surface area contributed by atoms with E-state index in [1.54, 1.807) is 26.2 Å². The molecule has 2 N–H and O–H groups in total. The lowest BCUT2D eigenvalue weighted by Gasteiger charge is -2.16. The first-order chi connectivity index (χ1) is 9.04. The Balaban J connectivity index is 2.47. The Hall–Kier alpha value is -1.62. The van der Waals surface area contributed by atoms with Gasteiger partial charge in [-0.1, -0.05) is 6.07 Å². The highest BCUT2D eigenvalue weighted by Gasteiger charge is 2.13. The first kappa shape index (κ1) is 15.4. The third kappa shape index (κ3) is 5.26. The van der Waals surface area contributed by atoms with E-state index in [2.05, 4.69) is 10.6 Å². The molecule has 0 aliphatic carbocycles. The van der Waals surface area contributed by atoms with E-state index in [-0.39, 0.29) is 11.7 Å². The summed E-state index contributed by atoms with van der Waals surface area (Å²) < 4.78 is 18.4. The molecular weight excluding hydrogens is 247 g/mol. The molecule has 1 unspecified atom stereocenters. The number of halogens is 1. The minimum absolute atomic E-state index is 0.156. The maximum Gasteiger partial charge on any atom is 0.242 e. The summed E-state index contributed by atoms with van der Waals surface area (Å²) in [6.07, 6.45) is 0.758. The van der Waals surface area contributed by atoms with Crippen molar-refractivity contribution >= 4 is 11.6 Å². The number of nitrogens with one attached hydrogen (secondary N) is 2. The Labute approximate surface area is 113 Å². The zero-order valence-electron chi connectivity index (χ0n) is 11.6. The van der Waals surface area contributed by atoms with Crippen molar-refractivity contribution in [2.45, 2.75) is 26.3 Å². The Morgan fingerprint density at radius 3 is 2.89 bits per heavy atom. The molecule has 1 aromatic carbocycles. The average Bonchev–Trinajstić information content (AvgIpc) is 2.38. The molecule has 0 aromatic heterocycles. The van der Waals surface area contributed by atoms with Crippen molar-refractivity contribution in [2.24, 2.45) is 0 Å². The minimum Gasteiger partial charge on any atom is -0.385 e. The number of ether oxygens (including phenoxy) is 1. The van der Waals surface area contributed by atoms with Crippen molar-refractivity contribution in [2.75, 3.05) is 25.6 Å². The second-order valence-corrected chi connectivity index (χ2v) is 4.49. The fourth-order valence-electron chi connectivity index (χ4n) is 1.63. The average molecular weight is 268 g/mol. The highest BCUT2D eigenvalue weighted by molar-refractivity contribution is 5.84. The Bertz CT molecular complexity index is 424. The van der Waals surface area contributed by atoms with E-state index in [1.165, 1.54) is 6.07 Å². The molecule has 0 spiro atoms. The number of carbonyl (C=O) groups is 1. The van der Waals surface area contributed by atoms with E-state index in [4.69, 9.17) is 4.74 Å². The van der Waals surface area contributed by atoms with Gasteiger partial charge in [-0.15, -0.1) is 0 Å². The molecule has 0 bridgehead atoms. The quantitative estimate of drug-likeness (QED) is 0.744. The zero-order valence-corrected chi connectivity index (χ0v) is 11.6. The van der Waals surface area contributed by atoms with Crippen LogP contribution in [0.25, 0.3) is 0 Å². The first-order valence-electron chi connectivity index (χ1n) is 6.34. The van der Waals surface area contributed by atoms with Gasteiger partial charge in [-0.3, -0.25) is 4.79 Å². The van der Waals surface area contributed by atoms with E-state index in [0.29, 0.717) is 18.8 Å². The van der Waals surface area contributed by atoms with E-state index < -0.39 is 6.04 Å². The van der Waals surface area contributed by atoms with Crippen LogP contribution in [0.15, 0.2) is 18.2 Å². The van der Waals surface area contributed by atoms with E-state index in [1.807, 2.05) is 6.92 Å². The number of carbonyl (C=O) groups excluding carboxylic acids is 1. The number of hydrogen-bond acceptors (Lipinski definition) is 3. The molecule has 1 amide bonds. The summed E-state index contributed by atoms with van der Waals surface area (Å²) in [4.78, 5) is 11.8. The fourth-order valence-corrected chi connectivity index (χ4v) is 1.63. The number of hydrogen-bond donors (Lipinski definition) is 2. The highest BCUT2D eigenvalue weighted by Crippen LogP contribution is 2.16. The molecule has 1 aromatic rings. The zero-order chi connectivity index (χ0) is 14.3. The number of amides is 1. The molecule has 4 nitrogen and oxygen atoms in total. The van der Waals surface area contributed by atoms with Crippen molar-refractivity contribution < 1.29 is 13.9 Å². The number of anilines is 1. The SMILES string of the molecule is COCCCNC(=O)C(C)Nc1cc(C)ccc1F. The summed E-state index contributed by atoms with van der Waals surface area (Å²) in [5.41, 5.74) is 1.29. The van der Waals surface area contributed by atoms with Crippen molar-refractivity contribution in [1.82, 2.24) is 5.32 Å². The monoisotopic (exact) mass is 268 g/mol. The van der Waals surface area contributed by atoms with Crippen LogP contribution in [0.3, 0.4) is 0 Å². The van der Waals surface area contributed by atoms with Gasteiger partial charge in [0.25, 0.3) is 0 Å². The van der Waals surface area contributed by atoms with Crippen molar-refractivity contribution in [3.8, 4) is 0 Å². The second-order valence-electron chi connectivity index (χ2n) is 4.49. The van der Waals surface area contributed by atoms with Crippen molar-refractivity contribution in [3.63, 3.8) is 0 Å². The molecule has 0 saturated heterocycles. The summed E-state index contributed by atoms with van der Waals surface area (Å²) in [6.45, 7) is 4.73. The summed E-state index contributed by atoms with van der Waals surface area (Å²) in [6, 6.07) is 4.28. The van der Waals surface area contributed by atoms with Crippen LogP contribution in [0.1, 0.15) is 18.9 Å². The van der Waals surface area contributed by atoms with Crippen LogP contribution in [0.2, 0.25) is 0 Å². The first-order valence-corrected chi connectivity index (χ1v) is 6.34. The van der Waals surface area contributed by atoms with Gasteiger partial charge in [0, 0.05) is 20.3 Å². The van der Waals surface area contributed by atoms with E-state index in [0.717, 1.165) is 12.0 Å². The van der Waals surface area contributed by atoms with Crippen LogP contribution < -0.4 is 10.6 Å². The van der Waals surface area contributed by atoms with Crippen molar-refractivity contribution in [1.29, 1.82) is 0 Å². The summed E-state index contributed by atoms with van der Waals surface area (Å²) in [5.74, 6) is -0.512. The molecule has 19 heavy (non-hydrogen) atoms.